The number of anilines is 1. The van der Waals surface area contributed by atoms with Gasteiger partial charge in [0.1, 0.15) is 22.8 Å². The Bertz CT molecular complexity index is 479. The summed E-state index contributed by atoms with van der Waals surface area (Å²) in [5.41, 5.74) is 0. The normalized spacial score (nSPS) is 12.0. The highest BCUT2D eigenvalue weighted by Gasteiger charge is 2.22. The summed E-state index contributed by atoms with van der Waals surface area (Å²) in [6, 6.07) is 1.43. The van der Waals surface area contributed by atoms with Crippen LogP contribution in [0.25, 0.3) is 0 Å². The van der Waals surface area contributed by atoms with E-state index in [1.807, 2.05) is 19.9 Å². The van der Waals surface area contributed by atoms with Crippen LogP contribution in [0.1, 0.15) is 26.0 Å². The van der Waals surface area contributed by atoms with Crippen LogP contribution in [0, 0.1) is 24.2 Å². The van der Waals surface area contributed by atoms with Gasteiger partial charge >= 0.3 is 0 Å². The third-order valence-electron chi connectivity index (χ3n) is 2.47. The number of aromatic nitrogens is 1. The maximum atomic E-state index is 12.0. The molecule has 1 rings (SSSR count). The zero-order chi connectivity index (χ0) is 14.4. The highest BCUT2D eigenvalue weighted by molar-refractivity contribution is 9.10. The molecule has 0 aromatic carbocycles. The van der Waals surface area contributed by atoms with Gasteiger partial charge in [-0.2, -0.15) is 5.26 Å². The summed E-state index contributed by atoms with van der Waals surface area (Å²) < 4.78 is 5.72. The molecule has 0 radical (unpaired) electrons. The number of carbonyl (C=O) groups is 1. The lowest BCUT2D eigenvalue weighted by molar-refractivity contribution is -0.121. The number of aryl methyl sites for hydroxylation is 1. The van der Waals surface area contributed by atoms with E-state index in [0.717, 1.165) is 0 Å². The molecule has 0 saturated heterocycles. The molecule has 19 heavy (non-hydrogen) atoms. The van der Waals surface area contributed by atoms with Gasteiger partial charge in [0.15, 0.2) is 5.82 Å². The second-order valence-electron chi connectivity index (χ2n) is 4.60. The zero-order valence-electron chi connectivity index (χ0n) is 11.2. The maximum absolute atomic E-state index is 12.0. The first kappa shape index (κ1) is 15.5. The van der Waals surface area contributed by atoms with Crippen LogP contribution in [0.4, 0.5) is 5.82 Å². The van der Waals surface area contributed by atoms with Crippen molar-refractivity contribution in [3.63, 3.8) is 0 Å². The molecule has 0 fully saturated rings. The first-order chi connectivity index (χ1) is 8.95. The van der Waals surface area contributed by atoms with Crippen LogP contribution in [-0.4, -0.2) is 23.7 Å². The second-order valence-corrected chi connectivity index (χ2v) is 5.40. The number of rotatable bonds is 6. The molecule has 0 aliphatic rings. The van der Waals surface area contributed by atoms with E-state index in [1.54, 1.807) is 6.92 Å². The molecule has 0 aliphatic carbocycles. The SMILES string of the molecule is Cc1onc(NC(CC(C)C)C(=O)NCC#N)c1Br. The van der Waals surface area contributed by atoms with Crippen molar-refractivity contribution in [1.82, 2.24) is 10.5 Å². The number of hydrogen-bond acceptors (Lipinski definition) is 5. The highest BCUT2D eigenvalue weighted by atomic mass is 79.9. The summed E-state index contributed by atoms with van der Waals surface area (Å²) in [5, 5.41) is 17.9. The van der Waals surface area contributed by atoms with Gasteiger partial charge in [-0.25, -0.2) is 0 Å². The fourth-order valence-electron chi connectivity index (χ4n) is 1.57. The number of carbonyl (C=O) groups excluding carboxylic acids is 1. The Labute approximate surface area is 120 Å². The van der Waals surface area contributed by atoms with E-state index in [9.17, 15) is 4.79 Å². The van der Waals surface area contributed by atoms with E-state index < -0.39 is 6.04 Å². The van der Waals surface area contributed by atoms with Crippen LogP contribution >= 0.6 is 15.9 Å². The molecular formula is C12H17BrN4O2. The van der Waals surface area contributed by atoms with E-state index in [2.05, 4.69) is 31.7 Å². The van der Waals surface area contributed by atoms with E-state index in [-0.39, 0.29) is 12.5 Å². The molecule has 1 heterocycles. The van der Waals surface area contributed by atoms with Gasteiger partial charge in [-0.05, 0) is 35.2 Å². The van der Waals surface area contributed by atoms with E-state index >= 15 is 0 Å². The average Bonchev–Trinajstić information content (AvgIpc) is 2.66. The van der Waals surface area contributed by atoms with Crippen LogP contribution in [0.2, 0.25) is 0 Å². The van der Waals surface area contributed by atoms with Crippen molar-refractivity contribution >= 4 is 27.7 Å². The van der Waals surface area contributed by atoms with E-state index in [0.29, 0.717) is 28.4 Å². The monoisotopic (exact) mass is 328 g/mol. The molecule has 2 N–H and O–H groups in total. The maximum Gasteiger partial charge on any atom is 0.243 e. The lowest BCUT2D eigenvalue weighted by atomic mass is 10.0. The van der Waals surface area contributed by atoms with Crippen LogP contribution in [-0.2, 0) is 4.79 Å². The van der Waals surface area contributed by atoms with Gasteiger partial charge in [0.25, 0.3) is 0 Å². The fraction of sp³-hybridized carbons (Fsp3) is 0.583. The van der Waals surface area contributed by atoms with Crippen molar-refractivity contribution < 1.29 is 9.32 Å². The molecule has 1 amide bonds. The molecule has 0 aliphatic heterocycles. The molecular weight excluding hydrogens is 312 g/mol. The Kier molecular flexibility index (Phi) is 5.83. The van der Waals surface area contributed by atoms with Crippen molar-refractivity contribution in [3.05, 3.63) is 10.2 Å². The molecule has 7 heteroatoms. The molecule has 0 saturated carbocycles. The van der Waals surface area contributed by atoms with Crippen molar-refractivity contribution in [2.45, 2.75) is 33.2 Å². The fourth-order valence-corrected chi connectivity index (χ4v) is 1.83. The largest absolute Gasteiger partial charge is 0.358 e. The van der Waals surface area contributed by atoms with Gasteiger partial charge in [-0.1, -0.05) is 19.0 Å². The van der Waals surface area contributed by atoms with E-state index in [1.165, 1.54) is 0 Å². The predicted octanol–water partition coefficient (Wildman–Crippen LogP) is 2.21. The Morgan fingerprint density at radius 2 is 2.26 bits per heavy atom. The summed E-state index contributed by atoms with van der Waals surface area (Å²) in [7, 11) is 0. The lowest BCUT2D eigenvalue weighted by Crippen LogP contribution is -2.40. The summed E-state index contributed by atoms with van der Waals surface area (Å²) in [4.78, 5) is 12.0. The number of halogens is 1. The number of nitrogens with one attached hydrogen (secondary N) is 2. The first-order valence-corrected chi connectivity index (χ1v) is 6.78. The average molecular weight is 329 g/mol. The Morgan fingerprint density at radius 3 is 2.74 bits per heavy atom. The molecule has 6 nitrogen and oxygen atoms in total. The quantitative estimate of drug-likeness (QED) is 0.781. The minimum atomic E-state index is -0.450. The van der Waals surface area contributed by atoms with Crippen molar-refractivity contribution in [2.75, 3.05) is 11.9 Å². The molecule has 1 atom stereocenters. The van der Waals surface area contributed by atoms with E-state index in [4.69, 9.17) is 9.78 Å². The minimum Gasteiger partial charge on any atom is -0.358 e. The third kappa shape index (κ3) is 4.56. The standard InChI is InChI=1S/C12H17BrN4O2/c1-7(2)6-9(12(18)15-5-4-14)16-11-10(13)8(3)19-17-11/h7,9H,5-6H2,1-3H3,(H,15,18)(H,16,17). The third-order valence-corrected chi connectivity index (χ3v) is 3.40. The first-order valence-electron chi connectivity index (χ1n) is 5.98. The van der Waals surface area contributed by atoms with Gasteiger partial charge < -0.3 is 15.2 Å². The second kappa shape index (κ2) is 7.14. The molecule has 1 unspecified atom stereocenters. The summed E-state index contributed by atoms with van der Waals surface area (Å²) in [6.45, 7) is 5.81. The predicted molar refractivity (Wildman–Crippen MR) is 74.4 cm³/mol. The molecule has 1 aromatic heterocycles. The lowest BCUT2D eigenvalue weighted by Gasteiger charge is -2.19. The van der Waals surface area contributed by atoms with Crippen LogP contribution in [0.15, 0.2) is 9.00 Å². The number of nitriles is 1. The Balaban J connectivity index is 2.77. The van der Waals surface area contributed by atoms with Gasteiger partial charge in [0.05, 0.1) is 6.07 Å². The Morgan fingerprint density at radius 1 is 1.58 bits per heavy atom. The topological polar surface area (TPSA) is 90.9 Å². The Hall–Kier alpha value is -1.55. The van der Waals surface area contributed by atoms with Crippen molar-refractivity contribution in [1.29, 1.82) is 5.26 Å². The number of hydrogen-bond donors (Lipinski definition) is 2. The molecule has 0 bridgehead atoms. The molecule has 104 valence electrons. The van der Waals surface area contributed by atoms with Crippen LogP contribution < -0.4 is 10.6 Å². The summed E-state index contributed by atoms with van der Waals surface area (Å²) in [5.74, 6) is 1.25. The number of nitrogens with zero attached hydrogens (tertiary/aromatic N) is 2. The van der Waals surface area contributed by atoms with Crippen molar-refractivity contribution in [2.24, 2.45) is 5.92 Å². The summed E-state index contributed by atoms with van der Waals surface area (Å²) >= 11 is 3.34. The summed E-state index contributed by atoms with van der Waals surface area (Å²) in [6.07, 6.45) is 0.635. The van der Waals surface area contributed by atoms with Gasteiger partial charge in [-0.3, -0.25) is 4.79 Å². The smallest absolute Gasteiger partial charge is 0.243 e. The highest BCUT2D eigenvalue weighted by Crippen LogP contribution is 2.26. The molecule has 0 spiro atoms. The van der Waals surface area contributed by atoms with Gasteiger partial charge in [-0.15, -0.1) is 0 Å². The van der Waals surface area contributed by atoms with Crippen LogP contribution in [0.3, 0.4) is 0 Å². The zero-order valence-corrected chi connectivity index (χ0v) is 12.7. The van der Waals surface area contributed by atoms with Crippen molar-refractivity contribution in [3.8, 4) is 6.07 Å². The van der Waals surface area contributed by atoms with Crippen LogP contribution in [0.5, 0.6) is 0 Å². The van der Waals surface area contributed by atoms with Gasteiger partial charge in [0.2, 0.25) is 5.91 Å². The minimum absolute atomic E-state index is 0.00583. The molecule has 1 aromatic rings. The van der Waals surface area contributed by atoms with Gasteiger partial charge in [0, 0.05) is 0 Å². The number of amides is 1.